The summed E-state index contributed by atoms with van der Waals surface area (Å²) in [6.45, 7) is 8.23. The Bertz CT molecular complexity index is 176. The summed E-state index contributed by atoms with van der Waals surface area (Å²) in [6, 6.07) is 0. The molecule has 1 aliphatic heterocycles. The van der Waals surface area contributed by atoms with E-state index in [0.717, 1.165) is 11.8 Å². The predicted molar refractivity (Wildman–Crippen MR) is 68.7 cm³/mol. The van der Waals surface area contributed by atoms with Crippen LogP contribution < -0.4 is 10.6 Å². The van der Waals surface area contributed by atoms with Gasteiger partial charge in [-0.25, -0.2) is 0 Å². The average molecular weight is 234 g/mol. The van der Waals surface area contributed by atoms with Crippen molar-refractivity contribution in [1.29, 1.82) is 0 Å². The van der Waals surface area contributed by atoms with E-state index in [1.165, 1.54) is 11.6 Å². The molecule has 14 heavy (non-hydrogen) atoms. The molecule has 0 amide bonds. The Morgan fingerprint density at radius 3 is 2.71 bits per heavy atom. The summed E-state index contributed by atoms with van der Waals surface area (Å²) in [5.41, 5.74) is 0.505. The van der Waals surface area contributed by atoms with Crippen LogP contribution in [0.3, 0.4) is 0 Å². The summed E-state index contributed by atoms with van der Waals surface area (Å²) >= 11 is 4.01. The second-order valence-electron chi connectivity index (χ2n) is 4.41. The third kappa shape index (κ3) is 2.81. The number of rotatable bonds is 6. The Kier molecular flexibility index (Phi) is 5.11. The van der Waals surface area contributed by atoms with E-state index in [1.807, 2.05) is 18.8 Å². The van der Waals surface area contributed by atoms with E-state index in [-0.39, 0.29) is 0 Å². The first kappa shape index (κ1) is 12.7. The molecule has 0 aromatic carbocycles. The quantitative estimate of drug-likeness (QED) is 0.543. The highest BCUT2D eigenvalue weighted by Gasteiger charge is 2.44. The first-order valence-electron chi connectivity index (χ1n) is 5.18. The van der Waals surface area contributed by atoms with Crippen molar-refractivity contribution in [3.8, 4) is 0 Å². The molecule has 1 fully saturated rings. The molecule has 0 aliphatic carbocycles. The minimum atomic E-state index is 0.505. The maximum Gasteiger partial charge on any atom is 0.0609 e. The lowest BCUT2D eigenvalue weighted by atomic mass is 9.74. The third-order valence-corrected chi connectivity index (χ3v) is 5.89. The van der Waals surface area contributed by atoms with Gasteiger partial charge in [0.15, 0.2) is 0 Å². The molecule has 1 heterocycles. The van der Waals surface area contributed by atoms with Crippen molar-refractivity contribution in [2.24, 2.45) is 11.3 Å². The summed E-state index contributed by atoms with van der Waals surface area (Å²) < 4.78 is 0. The van der Waals surface area contributed by atoms with Crippen molar-refractivity contribution >= 4 is 23.5 Å². The van der Waals surface area contributed by atoms with Crippen LogP contribution >= 0.6 is 23.5 Å². The maximum atomic E-state index is 3.52. The molecule has 0 aromatic rings. The Morgan fingerprint density at radius 1 is 1.57 bits per heavy atom. The van der Waals surface area contributed by atoms with Gasteiger partial charge >= 0.3 is 0 Å². The normalized spacial score (nSPS) is 31.9. The summed E-state index contributed by atoms with van der Waals surface area (Å²) in [5, 5.41) is 8.51. The van der Waals surface area contributed by atoms with Gasteiger partial charge in [-0.15, -0.1) is 23.5 Å². The van der Waals surface area contributed by atoms with Crippen molar-refractivity contribution in [2.45, 2.75) is 26.1 Å². The molecule has 2 atom stereocenters. The fraction of sp³-hybridized carbons (Fsp3) is 1.00. The van der Waals surface area contributed by atoms with Gasteiger partial charge in [-0.1, -0.05) is 20.8 Å². The Morgan fingerprint density at radius 2 is 2.29 bits per heavy atom. The zero-order valence-corrected chi connectivity index (χ0v) is 11.2. The second kappa shape index (κ2) is 5.64. The SMILES string of the molecule is CNCSCSC1NCC1(C)C(C)C. The van der Waals surface area contributed by atoms with E-state index in [0.29, 0.717) is 10.8 Å². The smallest absolute Gasteiger partial charge is 0.0609 e. The molecule has 2 N–H and O–H groups in total. The molecule has 0 radical (unpaired) electrons. The highest BCUT2D eigenvalue weighted by molar-refractivity contribution is 8.16. The van der Waals surface area contributed by atoms with Gasteiger partial charge in [-0.2, -0.15) is 0 Å². The summed E-state index contributed by atoms with van der Waals surface area (Å²) in [6.07, 6.45) is 0. The second-order valence-corrected chi connectivity index (χ2v) is 6.85. The van der Waals surface area contributed by atoms with Gasteiger partial charge in [0.05, 0.1) is 5.37 Å². The zero-order chi connectivity index (χ0) is 10.6. The van der Waals surface area contributed by atoms with Gasteiger partial charge in [0, 0.05) is 22.9 Å². The molecular formula is C10H22N2S2. The van der Waals surface area contributed by atoms with E-state index >= 15 is 0 Å². The van der Waals surface area contributed by atoms with Crippen LogP contribution in [-0.4, -0.2) is 29.9 Å². The van der Waals surface area contributed by atoms with Gasteiger partial charge in [0.2, 0.25) is 0 Å². The van der Waals surface area contributed by atoms with Crippen molar-refractivity contribution in [1.82, 2.24) is 10.6 Å². The van der Waals surface area contributed by atoms with Crippen LogP contribution in [0.15, 0.2) is 0 Å². The molecule has 2 nitrogen and oxygen atoms in total. The van der Waals surface area contributed by atoms with E-state index in [2.05, 4.69) is 43.2 Å². The molecule has 0 bridgehead atoms. The van der Waals surface area contributed by atoms with Gasteiger partial charge < -0.3 is 10.6 Å². The number of hydrogen-bond acceptors (Lipinski definition) is 4. The molecule has 2 unspecified atom stereocenters. The molecule has 1 saturated heterocycles. The van der Waals surface area contributed by atoms with Crippen molar-refractivity contribution in [3.63, 3.8) is 0 Å². The van der Waals surface area contributed by atoms with E-state index in [1.54, 1.807) is 0 Å². The van der Waals surface area contributed by atoms with Crippen molar-refractivity contribution in [2.75, 3.05) is 24.6 Å². The van der Waals surface area contributed by atoms with Crippen LogP contribution in [0.1, 0.15) is 20.8 Å². The highest BCUT2D eigenvalue weighted by Crippen LogP contribution is 2.42. The zero-order valence-electron chi connectivity index (χ0n) is 9.59. The summed E-state index contributed by atoms with van der Waals surface area (Å²) in [4.78, 5) is 0. The minimum Gasteiger partial charge on any atom is -0.311 e. The average Bonchev–Trinajstić information content (AvgIpc) is 2.14. The molecule has 4 heteroatoms. The lowest BCUT2D eigenvalue weighted by Gasteiger charge is -2.50. The Hall–Kier alpha value is 0.620. The fourth-order valence-electron chi connectivity index (χ4n) is 1.52. The van der Waals surface area contributed by atoms with E-state index < -0.39 is 0 Å². The lowest BCUT2D eigenvalue weighted by molar-refractivity contribution is 0.103. The Balaban J connectivity index is 2.19. The monoisotopic (exact) mass is 234 g/mol. The molecule has 0 aromatic heterocycles. The minimum absolute atomic E-state index is 0.505. The molecule has 0 saturated carbocycles. The molecule has 0 spiro atoms. The summed E-state index contributed by atoms with van der Waals surface area (Å²) in [7, 11) is 2.00. The van der Waals surface area contributed by atoms with Gasteiger partial charge in [-0.3, -0.25) is 0 Å². The van der Waals surface area contributed by atoms with Crippen LogP contribution in [0.5, 0.6) is 0 Å². The first-order valence-corrected chi connectivity index (χ1v) is 7.39. The fourth-order valence-corrected chi connectivity index (χ4v) is 3.93. The largest absolute Gasteiger partial charge is 0.311 e. The van der Waals surface area contributed by atoms with Crippen LogP contribution in [0, 0.1) is 11.3 Å². The van der Waals surface area contributed by atoms with Crippen LogP contribution in [0.25, 0.3) is 0 Å². The van der Waals surface area contributed by atoms with E-state index in [9.17, 15) is 0 Å². The number of thioether (sulfide) groups is 2. The predicted octanol–water partition coefficient (Wildman–Crippen LogP) is 2.18. The molecular weight excluding hydrogens is 212 g/mol. The standard InChI is InChI=1S/C10H22N2S2/c1-8(2)10(3)5-12-9(10)14-7-13-6-11-4/h8-9,11-12H,5-7H2,1-4H3. The molecule has 1 rings (SSSR count). The van der Waals surface area contributed by atoms with Gasteiger partial charge in [0.1, 0.15) is 0 Å². The van der Waals surface area contributed by atoms with Crippen LogP contribution in [0.2, 0.25) is 0 Å². The molecule has 84 valence electrons. The number of nitrogens with one attached hydrogen (secondary N) is 2. The first-order chi connectivity index (χ1) is 6.61. The molecule has 1 aliphatic rings. The highest BCUT2D eigenvalue weighted by atomic mass is 32.2. The lowest BCUT2D eigenvalue weighted by Crippen LogP contribution is -2.61. The van der Waals surface area contributed by atoms with Crippen LogP contribution in [0.4, 0.5) is 0 Å². The summed E-state index contributed by atoms with van der Waals surface area (Å²) in [5.74, 6) is 1.83. The van der Waals surface area contributed by atoms with Crippen molar-refractivity contribution < 1.29 is 0 Å². The van der Waals surface area contributed by atoms with E-state index in [4.69, 9.17) is 0 Å². The van der Waals surface area contributed by atoms with Gasteiger partial charge in [0.25, 0.3) is 0 Å². The maximum absolute atomic E-state index is 3.52. The van der Waals surface area contributed by atoms with Crippen LogP contribution in [-0.2, 0) is 0 Å². The third-order valence-electron chi connectivity index (χ3n) is 3.15. The Labute approximate surface area is 96.4 Å². The number of hydrogen-bond donors (Lipinski definition) is 2. The topological polar surface area (TPSA) is 24.1 Å². The van der Waals surface area contributed by atoms with Crippen molar-refractivity contribution in [3.05, 3.63) is 0 Å². The van der Waals surface area contributed by atoms with Gasteiger partial charge in [-0.05, 0) is 13.0 Å².